The quantitative estimate of drug-likeness (QED) is 0.243. The number of carbonyl (C=O) groups excluding carboxylic acids is 1. The Morgan fingerprint density at radius 2 is 1.96 bits per heavy atom. The van der Waals surface area contributed by atoms with Crippen LogP contribution in [0.4, 0.5) is 0 Å². The second kappa shape index (κ2) is 7.18. The zero-order chi connectivity index (χ0) is 17.9. The van der Waals surface area contributed by atoms with Gasteiger partial charge in [0.05, 0.1) is 18.2 Å². The number of nitrogens with one attached hydrogen (secondary N) is 1. The van der Waals surface area contributed by atoms with Gasteiger partial charge in [0.1, 0.15) is 18.3 Å². The normalized spacial score (nSPS) is 34.7. The summed E-state index contributed by atoms with van der Waals surface area (Å²) in [6, 6.07) is -0.130. The maximum absolute atomic E-state index is 11.2. The van der Waals surface area contributed by atoms with Crippen LogP contribution in [-0.4, -0.2) is 84.9 Å². The van der Waals surface area contributed by atoms with Gasteiger partial charge in [-0.2, -0.15) is 5.26 Å². The van der Waals surface area contributed by atoms with Gasteiger partial charge in [0.25, 0.3) is 5.79 Å². The summed E-state index contributed by atoms with van der Waals surface area (Å²) in [6.07, 6.45) is -10.5. The van der Waals surface area contributed by atoms with Crippen LogP contribution in [0, 0.1) is 11.3 Å². The van der Waals surface area contributed by atoms with Gasteiger partial charge < -0.3 is 40.7 Å². The van der Waals surface area contributed by atoms with Crippen LogP contribution in [0.15, 0.2) is 0 Å². The van der Waals surface area contributed by atoms with E-state index >= 15 is 0 Å². The standard InChI is InChI=1S/C12H18N2O9/c1-4(15)14-7-5(16)2-12(22,11(20)21)23-10(7)9(19)8(18)6(17)3-13/h5-10,16-19,22H,2H2,1H3,(H,14,15)(H,20,21)/t5-,6?,7+,8+,9+,10+,12-/m0/s1. The fraction of sp³-hybridized carbons (Fsp3) is 0.750. The lowest BCUT2D eigenvalue weighted by Crippen LogP contribution is -2.67. The molecule has 1 amide bonds. The Kier molecular flexibility index (Phi) is 6.00. The largest absolute Gasteiger partial charge is 0.477 e. The topological polar surface area (TPSA) is 201 Å². The SMILES string of the molecule is CC(=O)N[C@H]1[C@H]([C@H](O)[C@H](O)C(O)C#N)O[C@](O)(C(=O)O)C[C@@H]1O. The van der Waals surface area contributed by atoms with Crippen molar-refractivity contribution in [1.29, 1.82) is 5.26 Å². The Hall–Kier alpha value is -1.81. The zero-order valence-corrected chi connectivity index (χ0v) is 12.0. The first-order chi connectivity index (χ1) is 10.5. The number of amides is 1. The number of nitrogens with zero attached hydrogens (tertiary/aromatic N) is 1. The van der Waals surface area contributed by atoms with E-state index in [1.165, 1.54) is 6.07 Å². The molecule has 0 aromatic carbocycles. The molecule has 1 saturated heterocycles. The summed E-state index contributed by atoms with van der Waals surface area (Å²) in [6.45, 7) is 1.08. The van der Waals surface area contributed by atoms with Gasteiger partial charge in [-0.05, 0) is 0 Å². The molecule has 11 nitrogen and oxygen atoms in total. The molecular formula is C12H18N2O9. The molecule has 130 valence electrons. The van der Waals surface area contributed by atoms with E-state index in [9.17, 15) is 35.1 Å². The number of rotatable bonds is 5. The molecule has 0 saturated carbocycles. The molecule has 0 spiro atoms. The number of ether oxygens (including phenoxy) is 1. The van der Waals surface area contributed by atoms with Crippen molar-refractivity contribution < 1.29 is 45.0 Å². The van der Waals surface area contributed by atoms with E-state index in [0.29, 0.717) is 0 Å². The number of aliphatic carboxylic acids is 1. The summed E-state index contributed by atoms with van der Waals surface area (Å²) >= 11 is 0. The van der Waals surface area contributed by atoms with Crippen molar-refractivity contribution in [2.45, 2.75) is 55.7 Å². The van der Waals surface area contributed by atoms with E-state index in [2.05, 4.69) is 5.32 Å². The van der Waals surface area contributed by atoms with Crippen LogP contribution in [-0.2, 0) is 14.3 Å². The molecule has 1 heterocycles. The number of nitriles is 1. The molecule has 0 aromatic rings. The molecule has 1 aliphatic heterocycles. The van der Waals surface area contributed by atoms with Crippen molar-refractivity contribution in [3.05, 3.63) is 0 Å². The molecule has 11 heteroatoms. The summed E-state index contributed by atoms with van der Waals surface area (Å²) in [5.41, 5.74) is 0. The number of aliphatic hydroxyl groups excluding tert-OH is 4. The van der Waals surface area contributed by atoms with E-state index in [4.69, 9.17) is 15.1 Å². The molecule has 0 aromatic heterocycles. The highest BCUT2D eigenvalue weighted by Gasteiger charge is 2.54. The van der Waals surface area contributed by atoms with Crippen molar-refractivity contribution in [3.63, 3.8) is 0 Å². The van der Waals surface area contributed by atoms with Crippen molar-refractivity contribution >= 4 is 11.9 Å². The molecule has 1 rings (SSSR count). The van der Waals surface area contributed by atoms with Gasteiger partial charge in [0.15, 0.2) is 6.10 Å². The molecule has 1 unspecified atom stereocenters. The second-order valence-electron chi connectivity index (χ2n) is 5.22. The fourth-order valence-corrected chi connectivity index (χ4v) is 2.27. The van der Waals surface area contributed by atoms with Crippen LogP contribution in [0.1, 0.15) is 13.3 Å². The monoisotopic (exact) mass is 334 g/mol. The van der Waals surface area contributed by atoms with Gasteiger partial charge in [-0.25, -0.2) is 4.79 Å². The average molecular weight is 334 g/mol. The lowest BCUT2D eigenvalue weighted by Gasteiger charge is -2.44. The van der Waals surface area contributed by atoms with Crippen molar-refractivity contribution in [2.24, 2.45) is 0 Å². The Bertz CT molecular complexity index is 507. The Labute approximate surface area is 130 Å². The van der Waals surface area contributed by atoms with Crippen molar-refractivity contribution in [1.82, 2.24) is 5.32 Å². The predicted octanol–water partition coefficient (Wildman–Crippen LogP) is -3.98. The molecule has 0 bridgehead atoms. The van der Waals surface area contributed by atoms with Gasteiger partial charge >= 0.3 is 5.97 Å². The number of carboxylic acids is 1. The maximum atomic E-state index is 11.2. The Morgan fingerprint density at radius 1 is 1.39 bits per heavy atom. The van der Waals surface area contributed by atoms with E-state index in [0.717, 1.165) is 6.92 Å². The third-order valence-corrected chi connectivity index (χ3v) is 3.43. The summed E-state index contributed by atoms with van der Waals surface area (Å²) in [5.74, 6) is -5.39. The lowest BCUT2D eigenvalue weighted by molar-refractivity contribution is -0.295. The smallest absolute Gasteiger partial charge is 0.364 e. The molecule has 23 heavy (non-hydrogen) atoms. The van der Waals surface area contributed by atoms with Crippen LogP contribution in [0.25, 0.3) is 0 Å². The van der Waals surface area contributed by atoms with Gasteiger partial charge in [-0.1, -0.05) is 0 Å². The maximum Gasteiger partial charge on any atom is 0.364 e. The van der Waals surface area contributed by atoms with Crippen LogP contribution in [0.2, 0.25) is 0 Å². The van der Waals surface area contributed by atoms with Crippen molar-refractivity contribution in [3.8, 4) is 6.07 Å². The highest BCUT2D eigenvalue weighted by atomic mass is 16.7. The van der Waals surface area contributed by atoms with Crippen LogP contribution in [0.3, 0.4) is 0 Å². The van der Waals surface area contributed by atoms with E-state index in [1.807, 2.05) is 0 Å². The fourth-order valence-electron chi connectivity index (χ4n) is 2.27. The summed E-state index contributed by atoms with van der Waals surface area (Å²) < 4.78 is 4.85. The minimum absolute atomic E-state index is 0.661. The first-order valence-electron chi connectivity index (χ1n) is 6.56. The Morgan fingerprint density at radius 3 is 2.39 bits per heavy atom. The minimum Gasteiger partial charge on any atom is -0.477 e. The number of carbonyl (C=O) groups is 2. The molecular weight excluding hydrogens is 316 g/mol. The zero-order valence-electron chi connectivity index (χ0n) is 12.0. The molecule has 0 radical (unpaired) electrons. The van der Waals surface area contributed by atoms with Crippen LogP contribution < -0.4 is 5.32 Å². The number of hydrogen-bond acceptors (Lipinski definition) is 9. The second-order valence-corrected chi connectivity index (χ2v) is 5.22. The number of aliphatic hydroxyl groups is 5. The molecule has 1 aliphatic rings. The average Bonchev–Trinajstić information content (AvgIpc) is 2.47. The first kappa shape index (κ1) is 19.2. The summed E-state index contributed by atoms with van der Waals surface area (Å²) in [7, 11) is 0. The number of hydrogen-bond donors (Lipinski definition) is 7. The molecule has 1 fully saturated rings. The van der Waals surface area contributed by atoms with Gasteiger partial charge in [-0.15, -0.1) is 0 Å². The molecule has 7 atom stereocenters. The highest BCUT2D eigenvalue weighted by Crippen LogP contribution is 2.30. The van der Waals surface area contributed by atoms with Gasteiger partial charge in [0, 0.05) is 13.3 Å². The third kappa shape index (κ3) is 4.14. The summed E-state index contributed by atoms with van der Waals surface area (Å²) in [4.78, 5) is 22.2. The predicted molar refractivity (Wildman–Crippen MR) is 69.3 cm³/mol. The summed E-state index contributed by atoms with van der Waals surface area (Å²) in [5, 5.41) is 68.4. The van der Waals surface area contributed by atoms with Crippen LogP contribution in [0.5, 0.6) is 0 Å². The van der Waals surface area contributed by atoms with Gasteiger partial charge in [-0.3, -0.25) is 4.79 Å². The van der Waals surface area contributed by atoms with E-state index in [1.54, 1.807) is 0 Å². The minimum atomic E-state index is -2.88. The van der Waals surface area contributed by atoms with Crippen LogP contribution >= 0.6 is 0 Å². The Balaban J connectivity index is 3.14. The van der Waals surface area contributed by atoms with Crippen molar-refractivity contribution in [2.75, 3.05) is 0 Å². The first-order valence-corrected chi connectivity index (χ1v) is 6.56. The van der Waals surface area contributed by atoms with E-state index < -0.39 is 60.6 Å². The number of carboxylic acid groups (broad SMARTS) is 1. The lowest BCUT2D eigenvalue weighted by atomic mass is 9.87. The third-order valence-electron chi connectivity index (χ3n) is 3.43. The molecule has 0 aliphatic carbocycles. The van der Waals surface area contributed by atoms with E-state index in [-0.39, 0.29) is 0 Å². The van der Waals surface area contributed by atoms with Gasteiger partial charge in [0.2, 0.25) is 5.91 Å². The highest BCUT2D eigenvalue weighted by molar-refractivity contribution is 5.76. The molecule has 7 N–H and O–H groups in total.